The summed E-state index contributed by atoms with van der Waals surface area (Å²) in [7, 11) is 0. The molecule has 5 nitrogen and oxygen atoms in total. The molecule has 3 N–H and O–H groups in total. The Morgan fingerprint density at radius 1 is 1.64 bits per heavy atom. The number of amides is 2. The molecule has 0 atom stereocenters. The number of primary amides is 1. The van der Waals surface area contributed by atoms with Crippen molar-refractivity contribution in [2.24, 2.45) is 5.73 Å². The van der Waals surface area contributed by atoms with Crippen molar-refractivity contribution in [3.05, 3.63) is 0 Å². The number of rotatable bonds is 2. The molecule has 0 aliphatic rings. The van der Waals surface area contributed by atoms with Gasteiger partial charge in [0, 0.05) is 6.54 Å². The molecule has 0 aliphatic heterocycles. The second-order valence-electron chi connectivity index (χ2n) is 1.82. The Morgan fingerprint density at radius 3 is 2.45 bits per heavy atom. The van der Waals surface area contributed by atoms with Crippen LogP contribution in [0.25, 0.3) is 0 Å². The summed E-state index contributed by atoms with van der Waals surface area (Å²) in [6.45, 7) is 4.18. The molecule has 0 fully saturated rings. The summed E-state index contributed by atoms with van der Waals surface area (Å²) < 4.78 is 4.76. The molecular formula is C6H13N3O2. The van der Waals surface area contributed by atoms with E-state index in [4.69, 9.17) is 15.9 Å². The molecule has 0 bridgehead atoms. The highest BCUT2D eigenvalue weighted by molar-refractivity contribution is 5.90. The maximum absolute atomic E-state index is 10.6. The van der Waals surface area contributed by atoms with Crippen molar-refractivity contribution in [1.82, 2.24) is 4.90 Å². The third kappa shape index (κ3) is 2.88. The van der Waals surface area contributed by atoms with Crippen molar-refractivity contribution in [3.63, 3.8) is 0 Å². The zero-order chi connectivity index (χ0) is 8.85. The van der Waals surface area contributed by atoms with Crippen LogP contribution >= 0.6 is 0 Å². The highest BCUT2D eigenvalue weighted by atomic mass is 16.5. The van der Waals surface area contributed by atoms with E-state index in [0.29, 0.717) is 13.2 Å². The first-order chi connectivity index (χ1) is 5.13. The van der Waals surface area contributed by atoms with Crippen LogP contribution in [0.1, 0.15) is 13.8 Å². The minimum Gasteiger partial charge on any atom is -0.465 e. The van der Waals surface area contributed by atoms with Gasteiger partial charge in [-0.3, -0.25) is 5.41 Å². The van der Waals surface area contributed by atoms with Crippen LogP contribution in [0.5, 0.6) is 0 Å². The lowest BCUT2D eigenvalue weighted by Gasteiger charge is -2.17. The Balaban J connectivity index is 4.03. The average molecular weight is 159 g/mol. The first-order valence-corrected chi connectivity index (χ1v) is 3.41. The number of hydrogen-bond donors (Lipinski definition) is 2. The lowest BCUT2D eigenvalue weighted by atomic mass is 10.6. The van der Waals surface area contributed by atoms with Crippen LogP contribution < -0.4 is 5.73 Å². The topological polar surface area (TPSA) is 79.4 Å². The maximum Gasteiger partial charge on any atom is 0.322 e. The van der Waals surface area contributed by atoms with Crippen molar-refractivity contribution < 1.29 is 9.53 Å². The highest BCUT2D eigenvalue weighted by Crippen LogP contribution is 1.90. The molecule has 0 spiro atoms. The van der Waals surface area contributed by atoms with Crippen LogP contribution in [0.2, 0.25) is 0 Å². The molecule has 0 radical (unpaired) electrons. The summed E-state index contributed by atoms with van der Waals surface area (Å²) in [5.74, 6) is 0. The fraction of sp³-hybridized carbons (Fsp3) is 0.667. The van der Waals surface area contributed by atoms with Crippen LogP contribution in [0.4, 0.5) is 4.79 Å². The molecule has 2 amide bonds. The van der Waals surface area contributed by atoms with Crippen molar-refractivity contribution in [2.75, 3.05) is 13.2 Å². The van der Waals surface area contributed by atoms with Gasteiger partial charge in [0.15, 0.2) is 0 Å². The SMILES string of the molecule is CCOC(=N)N(CC)C(N)=O. The van der Waals surface area contributed by atoms with Crippen LogP contribution in [0, 0.1) is 5.41 Å². The van der Waals surface area contributed by atoms with Gasteiger partial charge < -0.3 is 10.5 Å². The van der Waals surface area contributed by atoms with E-state index in [1.807, 2.05) is 0 Å². The lowest BCUT2D eigenvalue weighted by Crippen LogP contribution is -2.41. The van der Waals surface area contributed by atoms with Crippen LogP contribution in [0.15, 0.2) is 0 Å². The van der Waals surface area contributed by atoms with E-state index in [0.717, 1.165) is 4.90 Å². The number of nitrogens with two attached hydrogens (primary N) is 1. The second kappa shape index (κ2) is 4.54. The van der Waals surface area contributed by atoms with Gasteiger partial charge in [0.05, 0.1) is 6.61 Å². The molecule has 0 aromatic carbocycles. The van der Waals surface area contributed by atoms with E-state index in [9.17, 15) is 4.79 Å². The van der Waals surface area contributed by atoms with Gasteiger partial charge in [-0.1, -0.05) is 0 Å². The van der Waals surface area contributed by atoms with Crippen LogP contribution in [-0.2, 0) is 4.74 Å². The summed E-state index contributed by atoms with van der Waals surface area (Å²) in [4.78, 5) is 11.6. The second-order valence-corrected chi connectivity index (χ2v) is 1.82. The molecule has 0 saturated heterocycles. The molecule has 0 aromatic rings. The van der Waals surface area contributed by atoms with Crippen LogP contribution in [-0.4, -0.2) is 30.1 Å². The third-order valence-electron chi connectivity index (χ3n) is 1.11. The van der Waals surface area contributed by atoms with E-state index >= 15 is 0 Å². The third-order valence-corrected chi connectivity index (χ3v) is 1.11. The normalized spacial score (nSPS) is 8.91. The van der Waals surface area contributed by atoms with Gasteiger partial charge in [0.25, 0.3) is 6.02 Å². The Labute approximate surface area is 65.6 Å². The standard InChI is InChI=1S/C6H13N3O2/c1-3-9(5(7)10)6(8)11-4-2/h8H,3-4H2,1-2H3,(H2,7,10). The van der Waals surface area contributed by atoms with E-state index in [1.54, 1.807) is 13.8 Å². The van der Waals surface area contributed by atoms with Crippen LogP contribution in [0.3, 0.4) is 0 Å². The minimum atomic E-state index is -0.661. The maximum atomic E-state index is 10.6. The monoisotopic (exact) mass is 159 g/mol. The van der Waals surface area contributed by atoms with Crippen molar-refractivity contribution in [3.8, 4) is 0 Å². The smallest absolute Gasteiger partial charge is 0.322 e. The average Bonchev–Trinajstić information content (AvgIpc) is 1.88. The van der Waals surface area contributed by atoms with Crippen molar-refractivity contribution in [1.29, 1.82) is 5.41 Å². The Hall–Kier alpha value is -1.26. The molecule has 0 unspecified atom stereocenters. The molecule has 64 valence electrons. The number of carbonyl (C=O) groups is 1. The number of nitrogens with one attached hydrogen (secondary N) is 1. The number of hydrogen-bond acceptors (Lipinski definition) is 3. The summed E-state index contributed by atoms with van der Waals surface area (Å²) >= 11 is 0. The van der Waals surface area contributed by atoms with Gasteiger partial charge in [-0.25, -0.2) is 9.69 Å². The van der Waals surface area contributed by atoms with E-state index in [1.165, 1.54) is 0 Å². The van der Waals surface area contributed by atoms with Gasteiger partial charge in [-0.05, 0) is 13.8 Å². The summed E-state index contributed by atoms with van der Waals surface area (Å²) in [6, 6.07) is -0.853. The summed E-state index contributed by atoms with van der Waals surface area (Å²) in [6.07, 6.45) is 0. The van der Waals surface area contributed by atoms with Gasteiger partial charge in [-0.2, -0.15) is 0 Å². The number of carbonyl (C=O) groups excluding carboxylic acids is 1. The molecule has 0 saturated carbocycles. The molecule has 5 heteroatoms. The largest absolute Gasteiger partial charge is 0.465 e. The first-order valence-electron chi connectivity index (χ1n) is 3.41. The van der Waals surface area contributed by atoms with Gasteiger partial charge >= 0.3 is 6.03 Å². The van der Waals surface area contributed by atoms with Gasteiger partial charge in [-0.15, -0.1) is 0 Å². The molecule has 11 heavy (non-hydrogen) atoms. The van der Waals surface area contributed by atoms with E-state index in [-0.39, 0.29) is 6.02 Å². The predicted molar refractivity (Wildman–Crippen MR) is 41.3 cm³/mol. The number of nitrogens with zero attached hydrogens (tertiary/aromatic N) is 1. The number of urea groups is 1. The Morgan fingerprint density at radius 2 is 2.18 bits per heavy atom. The molecule has 0 rings (SSSR count). The summed E-state index contributed by atoms with van der Waals surface area (Å²) in [5.41, 5.74) is 4.94. The zero-order valence-corrected chi connectivity index (χ0v) is 6.76. The predicted octanol–water partition coefficient (Wildman–Crippen LogP) is 0.358. The van der Waals surface area contributed by atoms with Crippen molar-refractivity contribution in [2.45, 2.75) is 13.8 Å². The molecule has 0 aliphatic carbocycles. The fourth-order valence-electron chi connectivity index (χ4n) is 0.614. The Kier molecular flexibility index (Phi) is 4.02. The first kappa shape index (κ1) is 9.74. The highest BCUT2D eigenvalue weighted by Gasteiger charge is 2.12. The van der Waals surface area contributed by atoms with Gasteiger partial charge in [0.2, 0.25) is 0 Å². The minimum absolute atomic E-state index is 0.192. The number of amidine groups is 1. The van der Waals surface area contributed by atoms with Gasteiger partial charge in [0.1, 0.15) is 0 Å². The van der Waals surface area contributed by atoms with Crippen molar-refractivity contribution >= 4 is 12.1 Å². The molecule has 0 aromatic heterocycles. The van der Waals surface area contributed by atoms with E-state index < -0.39 is 6.03 Å². The number of ether oxygens (including phenoxy) is 1. The summed E-state index contributed by atoms with van der Waals surface area (Å²) in [5, 5.41) is 7.18. The zero-order valence-electron chi connectivity index (χ0n) is 6.76. The lowest BCUT2D eigenvalue weighted by molar-refractivity contribution is 0.210. The van der Waals surface area contributed by atoms with E-state index in [2.05, 4.69) is 0 Å². The molecular weight excluding hydrogens is 146 g/mol. The fourth-order valence-corrected chi connectivity index (χ4v) is 0.614. The quantitative estimate of drug-likeness (QED) is 0.450. The Bertz CT molecular complexity index is 158. The molecule has 0 heterocycles.